The zero-order chi connectivity index (χ0) is 18.2. The van der Waals surface area contributed by atoms with Crippen molar-refractivity contribution in [2.24, 2.45) is 0 Å². The van der Waals surface area contributed by atoms with Crippen LogP contribution in [-0.2, 0) is 10.5 Å². The van der Waals surface area contributed by atoms with E-state index in [-0.39, 0.29) is 17.2 Å². The maximum atomic E-state index is 12.4. The molecule has 2 atom stereocenters. The molecule has 134 valence electrons. The molecule has 0 saturated heterocycles. The van der Waals surface area contributed by atoms with E-state index in [4.69, 9.17) is 0 Å². The molecule has 4 heteroatoms. The smallest absolute Gasteiger partial charge is 0.232 e. The lowest BCUT2D eigenvalue weighted by Crippen LogP contribution is -2.38. The summed E-state index contributed by atoms with van der Waals surface area (Å²) in [6.07, 6.45) is 0. The van der Waals surface area contributed by atoms with E-state index in [0.29, 0.717) is 6.54 Å². The molecule has 0 radical (unpaired) electrons. The lowest BCUT2D eigenvalue weighted by Gasteiger charge is -2.26. The van der Waals surface area contributed by atoms with Gasteiger partial charge in [-0.25, -0.2) is 0 Å². The van der Waals surface area contributed by atoms with E-state index < -0.39 is 0 Å². The van der Waals surface area contributed by atoms with Gasteiger partial charge in [-0.3, -0.25) is 4.79 Å². The SMILES string of the molecule is Cc1ccc(C(CNC(=O)C(C)SCc2ccccc2)N(C)C)cc1. The molecule has 0 aliphatic rings. The Morgan fingerprint density at radius 2 is 1.72 bits per heavy atom. The summed E-state index contributed by atoms with van der Waals surface area (Å²) in [5.41, 5.74) is 3.72. The average Bonchev–Trinajstić information content (AvgIpc) is 2.61. The molecule has 0 saturated carbocycles. The van der Waals surface area contributed by atoms with Crippen LogP contribution in [0.15, 0.2) is 54.6 Å². The van der Waals surface area contributed by atoms with E-state index in [9.17, 15) is 4.79 Å². The highest BCUT2D eigenvalue weighted by Crippen LogP contribution is 2.20. The third-order valence-corrected chi connectivity index (χ3v) is 5.48. The third-order valence-electron chi connectivity index (χ3n) is 4.27. The fraction of sp³-hybridized carbons (Fsp3) is 0.381. The third kappa shape index (κ3) is 6.22. The molecule has 2 aromatic rings. The number of aryl methyl sites for hydroxylation is 1. The largest absolute Gasteiger partial charge is 0.353 e. The van der Waals surface area contributed by atoms with Crippen molar-refractivity contribution >= 4 is 17.7 Å². The molecule has 2 unspecified atom stereocenters. The van der Waals surface area contributed by atoms with Crippen LogP contribution < -0.4 is 5.32 Å². The second-order valence-corrected chi connectivity index (χ2v) is 7.90. The molecule has 3 nitrogen and oxygen atoms in total. The first-order chi connectivity index (χ1) is 12.0. The summed E-state index contributed by atoms with van der Waals surface area (Å²) in [5, 5.41) is 3.04. The van der Waals surface area contributed by atoms with Gasteiger partial charge in [-0.15, -0.1) is 11.8 Å². The van der Waals surface area contributed by atoms with Crippen LogP contribution in [0.25, 0.3) is 0 Å². The molecular weight excluding hydrogens is 328 g/mol. The van der Waals surface area contributed by atoms with E-state index in [1.807, 2.05) is 39.2 Å². The number of nitrogens with one attached hydrogen (secondary N) is 1. The van der Waals surface area contributed by atoms with Crippen LogP contribution in [0.1, 0.15) is 29.7 Å². The van der Waals surface area contributed by atoms with E-state index in [1.165, 1.54) is 16.7 Å². The van der Waals surface area contributed by atoms with Gasteiger partial charge in [0, 0.05) is 12.3 Å². The van der Waals surface area contributed by atoms with Crippen molar-refractivity contribution in [2.75, 3.05) is 20.6 Å². The molecule has 2 aromatic carbocycles. The number of thioether (sulfide) groups is 1. The number of carbonyl (C=O) groups is 1. The Morgan fingerprint density at radius 1 is 1.08 bits per heavy atom. The van der Waals surface area contributed by atoms with Crippen molar-refractivity contribution in [3.63, 3.8) is 0 Å². The number of hydrogen-bond donors (Lipinski definition) is 1. The van der Waals surface area contributed by atoms with Crippen molar-refractivity contribution in [1.82, 2.24) is 10.2 Å². The predicted octanol–water partition coefficient (Wildman–Crippen LogP) is 4.04. The van der Waals surface area contributed by atoms with Crippen molar-refractivity contribution in [3.8, 4) is 0 Å². The molecule has 0 bridgehead atoms. The molecule has 1 amide bonds. The van der Waals surface area contributed by atoms with Gasteiger partial charge in [-0.2, -0.15) is 0 Å². The predicted molar refractivity (Wildman–Crippen MR) is 108 cm³/mol. The minimum absolute atomic E-state index is 0.0685. The molecule has 0 spiro atoms. The van der Waals surface area contributed by atoms with Crippen LogP contribution in [0.4, 0.5) is 0 Å². The molecular formula is C21H28N2OS. The standard InChI is InChI=1S/C21H28N2OS/c1-16-10-12-19(13-11-16)20(23(3)4)14-22-21(24)17(2)25-15-18-8-6-5-7-9-18/h5-13,17,20H,14-15H2,1-4H3,(H,22,24). The number of hydrogen-bond acceptors (Lipinski definition) is 3. The molecule has 0 aliphatic carbocycles. The first-order valence-corrected chi connectivity index (χ1v) is 9.68. The fourth-order valence-corrected chi connectivity index (χ4v) is 3.47. The number of rotatable bonds is 8. The van der Waals surface area contributed by atoms with Gasteiger partial charge in [0.15, 0.2) is 0 Å². The summed E-state index contributed by atoms with van der Waals surface area (Å²) < 4.78 is 0. The van der Waals surface area contributed by atoms with Gasteiger partial charge >= 0.3 is 0 Å². The maximum Gasteiger partial charge on any atom is 0.232 e. The number of nitrogens with zero attached hydrogens (tertiary/aromatic N) is 1. The summed E-state index contributed by atoms with van der Waals surface area (Å²) in [7, 11) is 4.09. The molecule has 25 heavy (non-hydrogen) atoms. The second-order valence-electron chi connectivity index (χ2n) is 6.57. The minimum atomic E-state index is -0.0685. The van der Waals surface area contributed by atoms with E-state index in [0.717, 1.165) is 5.75 Å². The highest BCUT2D eigenvalue weighted by Gasteiger charge is 2.18. The number of benzene rings is 2. The Labute approximate surface area is 155 Å². The Hall–Kier alpha value is -1.78. The minimum Gasteiger partial charge on any atom is -0.353 e. The van der Waals surface area contributed by atoms with Crippen molar-refractivity contribution < 1.29 is 4.79 Å². The lowest BCUT2D eigenvalue weighted by atomic mass is 10.0. The summed E-state index contributed by atoms with van der Waals surface area (Å²) in [6, 6.07) is 19.0. The Kier molecular flexibility index (Phi) is 7.53. The number of carbonyl (C=O) groups excluding carboxylic acids is 1. The van der Waals surface area contributed by atoms with E-state index in [2.05, 4.69) is 53.5 Å². The van der Waals surface area contributed by atoms with Gasteiger partial charge in [-0.05, 0) is 39.1 Å². The van der Waals surface area contributed by atoms with Gasteiger partial charge in [0.05, 0.1) is 11.3 Å². The van der Waals surface area contributed by atoms with Crippen LogP contribution >= 0.6 is 11.8 Å². The van der Waals surface area contributed by atoms with Crippen LogP contribution in [0.3, 0.4) is 0 Å². The van der Waals surface area contributed by atoms with Gasteiger partial charge in [0.2, 0.25) is 5.91 Å². The monoisotopic (exact) mass is 356 g/mol. The van der Waals surface area contributed by atoms with Gasteiger partial charge in [-0.1, -0.05) is 60.2 Å². The quantitative estimate of drug-likeness (QED) is 0.775. The van der Waals surface area contributed by atoms with E-state index >= 15 is 0 Å². The first kappa shape index (κ1) is 19.5. The van der Waals surface area contributed by atoms with Crippen LogP contribution in [-0.4, -0.2) is 36.7 Å². The van der Waals surface area contributed by atoms with Crippen LogP contribution in [0.2, 0.25) is 0 Å². The van der Waals surface area contributed by atoms with Gasteiger partial charge in [0.1, 0.15) is 0 Å². The molecule has 0 fully saturated rings. The Bertz CT molecular complexity index is 655. The van der Waals surface area contributed by atoms with Crippen molar-refractivity contribution in [3.05, 3.63) is 71.3 Å². The lowest BCUT2D eigenvalue weighted by molar-refractivity contribution is -0.120. The second kappa shape index (κ2) is 9.64. The average molecular weight is 357 g/mol. The molecule has 2 rings (SSSR count). The topological polar surface area (TPSA) is 32.3 Å². The summed E-state index contributed by atoms with van der Waals surface area (Å²) in [4.78, 5) is 14.6. The normalized spacial score (nSPS) is 13.5. The van der Waals surface area contributed by atoms with E-state index in [1.54, 1.807) is 11.8 Å². The number of amides is 1. The van der Waals surface area contributed by atoms with Crippen molar-refractivity contribution in [1.29, 1.82) is 0 Å². The van der Waals surface area contributed by atoms with Crippen LogP contribution in [0, 0.1) is 6.92 Å². The van der Waals surface area contributed by atoms with Gasteiger partial charge in [0.25, 0.3) is 0 Å². The molecule has 0 aliphatic heterocycles. The summed E-state index contributed by atoms with van der Waals surface area (Å²) in [5.74, 6) is 0.949. The zero-order valence-electron chi connectivity index (χ0n) is 15.5. The van der Waals surface area contributed by atoms with Crippen molar-refractivity contribution in [2.45, 2.75) is 30.9 Å². The van der Waals surface area contributed by atoms with Gasteiger partial charge < -0.3 is 10.2 Å². The Balaban J connectivity index is 1.86. The highest BCUT2D eigenvalue weighted by molar-refractivity contribution is 7.99. The van der Waals surface area contributed by atoms with Crippen LogP contribution in [0.5, 0.6) is 0 Å². The zero-order valence-corrected chi connectivity index (χ0v) is 16.3. The highest BCUT2D eigenvalue weighted by atomic mass is 32.2. The summed E-state index contributed by atoms with van der Waals surface area (Å²) in [6.45, 7) is 4.67. The molecule has 1 N–H and O–H groups in total. The first-order valence-electron chi connectivity index (χ1n) is 8.63. The summed E-state index contributed by atoms with van der Waals surface area (Å²) >= 11 is 1.67. The fourth-order valence-electron chi connectivity index (χ4n) is 2.60. The maximum absolute atomic E-state index is 12.4. The molecule has 0 aromatic heterocycles. The Morgan fingerprint density at radius 3 is 2.32 bits per heavy atom. The number of likely N-dealkylation sites (N-methyl/N-ethyl adjacent to an activating group) is 1. The molecule has 0 heterocycles.